The van der Waals surface area contributed by atoms with Crippen LogP contribution in [-0.2, 0) is 6.18 Å². The summed E-state index contributed by atoms with van der Waals surface area (Å²) in [7, 11) is 0. The minimum Gasteiger partial charge on any atom is -0.248 e. The zero-order valence-corrected chi connectivity index (χ0v) is 11.2. The van der Waals surface area contributed by atoms with Gasteiger partial charge in [0.2, 0.25) is 0 Å². The van der Waals surface area contributed by atoms with Gasteiger partial charge in [-0.2, -0.15) is 13.2 Å². The number of rotatable bonds is 0. The molecule has 0 fully saturated rings. The first-order valence-electron chi connectivity index (χ1n) is 6.43. The molecule has 0 atom stereocenters. The van der Waals surface area contributed by atoms with Crippen LogP contribution in [0.5, 0.6) is 0 Å². The molecule has 0 unspecified atom stereocenters. The Bertz CT molecular complexity index is 889. The Balaban J connectivity index is 1.94. The van der Waals surface area contributed by atoms with Gasteiger partial charge >= 0.3 is 6.18 Å². The predicted octanol–water partition coefficient (Wildman–Crippen LogP) is 4.05. The minimum absolute atomic E-state index is 0.0600. The summed E-state index contributed by atoms with van der Waals surface area (Å²) in [6, 6.07) is 13.0. The van der Waals surface area contributed by atoms with E-state index in [0.29, 0.717) is 5.69 Å². The van der Waals surface area contributed by atoms with E-state index in [1.54, 1.807) is 6.07 Å². The second-order valence-electron chi connectivity index (χ2n) is 4.57. The molecule has 3 rings (SSSR count). The normalized spacial score (nSPS) is 11.0. The average molecular weight is 298 g/mol. The van der Waals surface area contributed by atoms with Crippen LogP contribution >= 0.6 is 0 Å². The van der Waals surface area contributed by atoms with Crippen molar-refractivity contribution in [3.05, 3.63) is 71.7 Å². The molecular weight excluding hydrogens is 289 g/mol. The van der Waals surface area contributed by atoms with Crippen molar-refractivity contribution in [2.45, 2.75) is 6.18 Å². The maximum atomic E-state index is 12.6. The van der Waals surface area contributed by atoms with Crippen molar-refractivity contribution < 1.29 is 13.2 Å². The van der Waals surface area contributed by atoms with Crippen LogP contribution in [0, 0.1) is 11.8 Å². The average Bonchev–Trinajstić information content (AvgIpc) is 2.52. The van der Waals surface area contributed by atoms with Gasteiger partial charge in [-0.25, -0.2) is 9.97 Å². The summed E-state index contributed by atoms with van der Waals surface area (Å²) < 4.78 is 37.9. The highest BCUT2D eigenvalue weighted by atomic mass is 19.4. The Morgan fingerprint density at radius 1 is 0.864 bits per heavy atom. The predicted molar refractivity (Wildman–Crippen MR) is 77.0 cm³/mol. The Morgan fingerprint density at radius 3 is 2.45 bits per heavy atom. The number of halogens is 3. The molecule has 0 radical (unpaired) electrons. The SMILES string of the molecule is FC(F)(F)c1ccnc(C#Cc2ccc3ccccc3n2)c1. The van der Waals surface area contributed by atoms with Crippen LogP contribution in [-0.4, -0.2) is 9.97 Å². The number of hydrogen-bond acceptors (Lipinski definition) is 2. The number of nitrogens with zero attached hydrogens (tertiary/aromatic N) is 2. The third kappa shape index (κ3) is 3.07. The Morgan fingerprint density at radius 2 is 1.64 bits per heavy atom. The summed E-state index contributed by atoms with van der Waals surface area (Å²) in [5, 5.41) is 0.977. The van der Waals surface area contributed by atoms with Crippen molar-refractivity contribution in [3.8, 4) is 11.8 Å². The molecule has 0 amide bonds. The lowest BCUT2D eigenvalue weighted by atomic mass is 10.2. The van der Waals surface area contributed by atoms with Crippen LogP contribution in [0.1, 0.15) is 17.0 Å². The van der Waals surface area contributed by atoms with Gasteiger partial charge in [0, 0.05) is 11.6 Å². The molecule has 0 spiro atoms. The van der Waals surface area contributed by atoms with Gasteiger partial charge in [0.15, 0.2) is 0 Å². The summed E-state index contributed by atoms with van der Waals surface area (Å²) in [4.78, 5) is 8.17. The number of benzene rings is 1. The fourth-order valence-corrected chi connectivity index (χ4v) is 1.94. The van der Waals surface area contributed by atoms with Crippen molar-refractivity contribution in [2.75, 3.05) is 0 Å². The van der Waals surface area contributed by atoms with E-state index in [1.165, 1.54) is 0 Å². The first kappa shape index (κ1) is 14.1. The van der Waals surface area contributed by atoms with E-state index in [1.807, 2.05) is 30.3 Å². The smallest absolute Gasteiger partial charge is 0.248 e. The molecule has 0 bridgehead atoms. The van der Waals surface area contributed by atoms with E-state index in [4.69, 9.17) is 0 Å². The van der Waals surface area contributed by atoms with E-state index in [9.17, 15) is 13.2 Å². The third-order valence-corrected chi connectivity index (χ3v) is 3.00. The van der Waals surface area contributed by atoms with E-state index in [-0.39, 0.29) is 5.69 Å². The monoisotopic (exact) mass is 298 g/mol. The molecule has 0 aliphatic carbocycles. The van der Waals surface area contributed by atoms with Gasteiger partial charge in [0.05, 0.1) is 11.1 Å². The Hall–Kier alpha value is -2.87. The number of alkyl halides is 3. The maximum absolute atomic E-state index is 12.6. The third-order valence-electron chi connectivity index (χ3n) is 3.00. The van der Waals surface area contributed by atoms with E-state index in [0.717, 1.165) is 29.2 Å². The summed E-state index contributed by atoms with van der Waals surface area (Å²) >= 11 is 0. The molecule has 108 valence electrons. The second-order valence-corrected chi connectivity index (χ2v) is 4.57. The first-order chi connectivity index (χ1) is 10.5. The van der Waals surface area contributed by atoms with E-state index >= 15 is 0 Å². The quantitative estimate of drug-likeness (QED) is 0.585. The molecule has 2 aromatic heterocycles. The number of fused-ring (bicyclic) bond motifs is 1. The number of hydrogen-bond donors (Lipinski definition) is 0. The van der Waals surface area contributed by atoms with Gasteiger partial charge in [-0.15, -0.1) is 0 Å². The van der Waals surface area contributed by atoms with Crippen LogP contribution in [0.15, 0.2) is 54.7 Å². The molecule has 0 aliphatic heterocycles. The van der Waals surface area contributed by atoms with Crippen molar-refractivity contribution in [1.29, 1.82) is 0 Å². The maximum Gasteiger partial charge on any atom is 0.416 e. The van der Waals surface area contributed by atoms with Gasteiger partial charge in [0.1, 0.15) is 11.4 Å². The van der Waals surface area contributed by atoms with Gasteiger partial charge < -0.3 is 0 Å². The molecular formula is C17H9F3N2. The summed E-state index contributed by atoms with van der Waals surface area (Å²) in [5.41, 5.74) is 0.562. The van der Waals surface area contributed by atoms with Gasteiger partial charge in [-0.05, 0) is 36.1 Å². The number of para-hydroxylation sites is 1. The zero-order chi connectivity index (χ0) is 15.6. The highest BCUT2D eigenvalue weighted by molar-refractivity contribution is 5.78. The minimum atomic E-state index is -4.40. The number of pyridine rings is 2. The first-order valence-corrected chi connectivity index (χ1v) is 6.43. The van der Waals surface area contributed by atoms with Crippen LogP contribution in [0.25, 0.3) is 10.9 Å². The molecule has 0 N–H and O–H groups in total. The Labute approximate surface area is 124 Å². The standard InChI is InChI=1S/C17H9F3N2/c18-17(19,20)13-9-10-21-15(11-13)8-7-14-6-5-12-3-1-2-4-16(12)22-14/h1-6,9-11H. The van der Waals surface area contributed by atoms with Crippen molar-refractivity contribution >= 4 is 10.9 Å². The van der Waals surface area contributed by atoms with Crippen LogP contribution in [0.3, 0.4) is 0 Å². The summed E-state index contributed by atoms with van der Waals surface area (Å²) in [5.74, 6) is 5.36. The lowest BCUT2D eigenvalue weighted by molar-refractivity contribution is -0.137. The molecule has 5 heteroatoms. The van der Waals surface area contributed by atoms with E-state index < -0.39 is 11.7 Å². The summed E-state index contributed by atoms with van der Waals surface area (Å²) in [6.45, 7) is 0. The van der Waals surface area contributed by atoms with Crippen molar-refractivity contribution in [2.24, 2.45) is 0 Å². The second kappa shape index (κ2) is 5.49. The fourth-order valence-electron chi connectivity index (χ4n) is 1.94. The van der Waals surface area contributed by atoms with Gasteiger partial charge in [-0.1, -0.05) is 24.3 Å². The Kier molecular flexibility index (Phi) is 3.51. The van der Waals surface area contributed by atoms with Crippen LogP contribution in [0.2, 0.25) is 0 Å². The van der Waals surface area contributed by atoms with Crippen molar-refractivity contribution in [1.82, 2.24) is 9.97 Å². The molecule has 22 heavy (non-hydrogen) atoms. The number of aromatic nitrogens is 2. The van der Waals surface area contributed by atoms with Crippen LogP contribution in [0.4, 0.5) is 13.2 Å². The molecule has 3 aromatic rings. The largest absolute Gasteiger partial charge is 0.416 e. The highest BCUT2D eigenvalue weighted by Crippen LogP contribution is 2.28. The molecule has 0 saturated carbocycles. The topological polar surface area (TPSA) is 25.8 Å². The zero-order valence-electron chi connectivity index (χ0n) is 11.2. The van der Waals surface area contributed by atoms with Gasteiger partial charge in [-0.3, -0.25) is 0 Å². The molecule has 1 aromatic carbocycles. The molecule has 2 heterocycles. The molecule has 0 saturated heterocycles. The molecule has 2 nitrogen and oxygen atoms in total. The van der Waals surface area contributed by atoms with Crippen LogP contribution < -0.4 is 0 Å². The lowest BCUT2D eigenvalue weighted by Gasteiger charge is -2.05. The van der Waals surface area contributed by atoms with Gasteiger partial charge in [0.25, 0.3) is 0 Å². The highest BCUT2D eigenvalue weighted by Gasteiger charge is 2.30. The van der Waals surface area contributed by atoms with E-state index in [2.05, 4.69) is 21.8 Å². The van der Waals surface area contributed by atoms with Crippen molar-refractivity contribution in [3.63, 3.8) is 0 Å². The molecule has 0 aliphatic rings. The lowest BCUT2D eigenvalue weighted by Crippen LogP contribution is -2.05. The fraction of sp³-hybridized carbons (Fsp3) is 0.0588. The summed E-state index contributed by atoms with van der Waals surface area (Å²) in [6.07, 6.45) is -3.30.